The lowest BCUT2D eigenvalue weighted by Crippen LogP contribution is -2.01. The molecule has 1 N–H and O–H groups in total. The van der Waals surface area contributed by atoms with Gasteiger partial charge in [0.05, 0.1) is 0 Å². The number of rotatable bonds is 8. The van der Waals surface area contributed by atoms with Crippen LogP contribution in [0.4, 0.5) is 5.69 Å². The van der Waals surface area contributed by atoms with Crippen molar-refractivity contribution in [3.8, 4) is 0 Å². The molecular formula is C14H23NS. The number of nitrogens with one attached hydrogen (secondary N) is 1. The fourth-order valence-electron chi connectivity index (χ4n) is 1.69. The third-order valence-electron chi connectivity index (χ3n) is 2.68. The Morgan fingerprint density at radius 2 is 1.94 bits per heavy atom. The maximum absolute atomic E-state index is 3.48. The Balaban J connectivity index is 2.16. The number of anilines is 1. The second-order valence-electron chi connectivity index (χ2n) is 4.07. The summed E-state index contributed by atoms with van der Waals surface area (Å²) < 4.78 is 0. The van der Waals surface area contributed by atoms with Gasteiger partial charge in [-0.05, 0) is 30.9 Å². The maximum Gasteiger partial charge on any atom is 0.0351 e. The molecule has 0 heterocycles. The molecule has 90 valence electrons. The summed E-state index contributed by atoms with van der Waals surface area (Å²) in [5.41, 5.74) is 1.25. The maximum atomic E-state index is 3.48. The number of thioether (sulfide) groups is 1. The highest BCUT2D eigenvalue weighted by Crippen LogP contribution is 2.18. The number of unbranched alkanes of at least 4 members (excludes halogenated alkanes) is 4. The Kier molecular flexibility index (Phi) is 7.15. The molecule has 0 aliphatic heterocycles. The molecule has 0 radical (unpaired) electrons. The van der Waals surface area contributed by atoms with Crippen molar-refractivity contribution in [3.63, 3.8) is 0 Å². The summed E-state index contributed by atoms with van der Waals surface area (Å²) in [5.74, 6) is 0. The highest BCUT2D eigenvalue weighted by Gasteiger charge is 1.94. The summed E-state index contributed by atoms with van der Waals surface area (Å²) in [4.78, 5) is 1.33. The molecule has 2 heteroatoms. The fourth-order valence-corrected chi connectivity index (χ4v) is 2.15. The average Bonchev–Trinajstić information content (AvgIpc) is 2.34. The number of hydrogen-bond donors (Lipinski definition) is 1. The van der Waals surface area contributed by atoms with Crippen LogP contribution in [0.1, 0.15) is 39.0 Å². The van der Waals surface area contributed by atoms with Crippen LogP contribution in [0.5, 0.6) is 0 Å². The van der Waals surface area contributed by atoms with Crippen LogP contribution in [0, 0.1) is 0 Å². The van der Waals surface area contributed by atoms with Crippen molar-refractivity contribution >= 4 is 17.4 Å². The van der Waals surface area contributed by atoms with Crippen molar-refractivity contribution in [3.05, 3.63) is 24.3 Å². The largest absolute Gasteiger partial charge is 0.385 e. The van der Waals surface area contributed by atoms with E-state index in [4.69, 9.17) is 0 Å². The van der Waals surface area contributed by atoms with Crippen LogP contribution in [0.15, 0.2) is 29.2 Å². The third kappa shape index (κ3) is 5.45. The summed E-state index contributed by atoms with van der Waals surface area (Å²) in [5, 5.41) is 3.48. The molecule has 1 nitrogen and oxygen atoms in total. The Bertz CT molecular complexity index is 286. The van der Waals surface area contributed by atoms with Crippen LogP contribution >= 0.6 is 11.8 Å². The highest BCUT2D eigenvalue weighted by molar-refractivity contribution is 7.98. The molecule has 0 fully saturated rings. The molecule has 16 heavy (non-hydrogen) atoms. The lowest BCUT2D eigenvalue weighted by Gasteiger charge is -2.07. The number of benzene rings is 1. The zero-order valence-electron chi connectivity index (χ0n) is 10.5. The van der Waals surface area contributed by atoms with Gasteiger partial charge in [-0.1, -0.05) is 38.7 Å². The summed E-state index contributed by atoms with van der Waals surface area (Å²) >= 11 is 1.79. The molecule has 0 aromatic heterocycles. The van der Waals surface area contributed by atoms with Gasteiger partial charge in [0.1, 0.15) is 0 Å². The lowest BCUT2D eigenvalue weighted by atomic mass is 10.1. The van der Waals surface area contributed by atoms with E-state index < -0.39 is 0 Å². The van der Waals surface area contributed by atoms with E-state index in [1.807, 2.05) is 0 Å². The SMILES string of the molecule is CCCCCCCNc1cccc(SC)c1. The molecule has 1 aromatic carbocycles. The minimum atomic E-state index is 1.10. The summed E-state index contributed by atoms with van der Waals surface area (Å²) in [7, 11) is 0. The zero-order valence-corrected chi connectivity index (χ0v) is 11.3. The number of hydrogen-bond acceptors (Lipinski definition) is 2. The van der Waals surface area contributed by atoms with Crippen molar-refractivity contribution in [2.24, 2.45) is 0 Å². The van der Waals surface area contributed by atoms with E-state index >= 15 is 0 Å². The van der Waals surface area contributed by atoms with E-state index in [-0.39, 0.29) is 0 Å². The smallest absolute Gasteiger partial charge is 0.0351 e. The predicted octanol–water partition coefficient (Wildman–Crippen LogP) is 4.79. The minimum Gasteiger partial charge on any atom is -0.385 e. The Morgan fingerprint density at radius 1 is 1.12 bits per heavy atom. The van der Waals surface area contributed by atoms with Gasteiger partial charge in [0.2, 0.25) is 0 Å². The summed E-state index contributed by atoms with van der Waals surface area (Å²) in [6.45, 7) is 3.35. The summed E-state index contributed by atoms with van der Waals surface area (Å²) in [6, 6.07) is 8.63. The quantitative estimate of drug-likeness (QED) is 0.515. The van der Waals surface area contributed by atoms with E-state index in [1.54, 1.807) is 11.8 Å². The predicted molar refractivity (Wildman–Crippen MR) is 75.5 cm³/mol. The van der Waals surface area contributed by atoms with Crippen LogP contribution in [0.3, 0.4) is 0 Å². The van der Waals surface area contributed by atoms with E-state index in [0.29, 0.717) is 0 Å². The monoisotopic (exact) mass is 237 g/mol. The van der Waals surface area contributed by atoms with Gasteiger partial charge in [0.15, 0.2) is 0 Å². The van der Waals surface area contributed by atoms with Crippen molar-refractivity contribution < 1.29 is 0 Å². The molecule has 0 spiro atoms. The topological polar surface area (TPSA) is 12.0 Å². The molecule has 1 aromatic rings. The second-order valence-corrected chi connectivity index (χ2v) is 4.95. The van der Waals surface area contributed by atoms with Gasteiger partial charge in [-0.25, -0.2) is 0 Å². The van der Waals surface area contributed by atoms with Crippen molar-refractivity contribution in [1.29, 1.82) is 0 Å². The molecule has 0 bridgehead atoms. The van der Waals surface area contributed by atoms with Crippen LogP contribution in [-0.4, -0.2) is 12.8 Å². The molecule has 0 aliphatic carbocycles. The van der Waals surface area contributed by atoms with Gasteiger partial charge in [-0.3, -0.25) is 0 Å². The van der Waals surface area contributed by atoms with Gasteiger partial charge in [0, 0.05) is 17.1 Å². The van der Waals surface area contributed by atoms with Gasteiger partial charge in [0.25, 0.3) is 0 Å². The van der Waals surface area contributed by atoms with Gasteiger partial charge >= 0.3 is 0 Å². The Morgan fingerprint density at radius 3 is 2.69 bits per heavy atom. The molecular weight excluding hydrogens is 214 g/mol. The third-order valence-corrected chi connectivity index (χ3v) is 3.40. The first-order chi connectivity index (χ1) is 7.86. The van der Waals surface area contributed by atoms with E-state index in [0.717, 1.165) is 6.54 Å². The Hall–Kier alpha value is -0.630. The minimum absolute atomic E-state index is 1.10. The van der Waals surface area contributed by atoms with Crippen LogP contribution in [0.2, 0.25) is 0 Å². The average molecular weight is 237 g/mol. The van der Waals surface area contributed by atoms with Gasteiger partial charge in [-0.15, -0.1) is 11.8 Å². The normalized spacial score (nSPS) is 10.4. The van der Waals surface area contributed by atoms with E-state index in [9.17, 15) is 0 Å². The highest BCUT2D eigenvalue weighted by atomic mass is 32.2. The molecule has 0 aliphatic rings. The van der Waals surface area contributed by atoms with Crippen LogP contribution in [-0.2, 0) is 0 Å². The molecule has 0 amide bonds. The fraction of sp³-hybridized carbons (Fsp3) is 0.571. The van der Waals surface area contributed by atoms with E-state index in [1.165, 1.54) is 42.7 Å². The van der Waals surface area contributed by atoms with Gasteiger partial charge in [-0.2, -0.15) is 0 Å². The standard InChI is InChI=1S/C14H23NS/c1-3-4-5-6-7-11-15-13-9-8-10-14(12-13)16-2/h8-10,12,15H,3-7,11H2,1-2H3. The first-order valence-electron chi connectivity index (χ1n) is 6.24. The van der Waals surface area contributed by atoms with Gasteiger partial charge < -0.3 is 5.32 Å². The van der Waals surface area contributed by atoms with Crippen molar-refractivity contribution in [2.45, 2.75) is 43.9 Å². The second kappa shape index (κ2) is 8.51. The first-order valence-corrected chi connectivity index (χ1v) is 7.47. The molecule has 0 unspecified atom stereocenters. The molecule has 1 rings (SSSR count). The molecule has 0 saturated carbocycles. The first kappa shape index (κ1) is 13.4. The van der Waals surface area contributed by atoms with Crippen molar-refractivity contribution in [2.75, 3.05) is 18.1 Å². The Labute approximate surface area is 104 Å². The van der Waals surface area contributed by atoms with Crippen LogP contribution < -0.4 is 5.32 Å². The zero-order chi connectivity index (χ0) is 11.6. The summed E-state index contributed by atoms with van der Waals surface area (Å²) in [6.07, 6.45) is 8.82. The molecule has 0 atom stereocenters. The lowest BCUT2D eigenvalue weighted by molar-refractivity contribution is 0.645. The molecule has 0 saturated heterocycles. The van der Waals surface area contributed by atoms with Crippen LogP contribution in [0.25, 0.3) is 0 Å². The van der Waals surface area contributed by atoms with Crippen molar-refractivity contribution in [1.82, 2.24) is 0 Å². The van der Waals surface area contributed by atoms with E-state index in [2.05, 4.69) is 42.8 Å².